The fourth-order valence-corrected chi connectivity index (χ4v) is 2.98. The molecule has 6 nitrogen and oxygen atoms in total. The van der Waals surface area contributed by atoms with E-state index < -0.39 is 0 Å². The van der Waals surface area contributed by atoms with Crippen molar-refractivity contribution in [1.82, 2.24) is 14.9 Å². The van der Waals surface area contributed by atoms with Gasteiger partial charge in [-0.05, 0) is 25.1 Å². The van der Waals surface area contributed by atoms with E-state index in [2.05, 4.69) is 25.8 Å². The molecule has 128 valence electrons. The third-order valence-corrected chi connectivity index (χ3v) is 4.32. The number of methoxy groups -OCH3 is 2. The van der Waals surface area contributed by atoms with Crippen LogP contribution in [-0.4, -0.2) is 55.3 Å². The summed E-state index contributed by atoms with van der Waals surface area (Å²) in [6.07, 6.45) is 3.63. The van der Waals surface area contributed by atoms with Crippen LogP contribution in [0.15, 0.2) is 30.6 Å². The Balaban J connectivity index is 1.63. The van der Waals surface area contributed by atoms with E-state index in [0.29, 0.717) is 0 Å². The van der Waals surface area contributed by atoms with Gasteiger partial charge in [-0.25, -0.2) is 4.98 Å². The minimum absolute atomic E-state index is 0.855. The molecule has 2 aromatic rings. The normalized spacial score (nSPS) is 15.4. The summed E-state index contributed by atoms with van der Waals surface area (Å²) < 4.78 is 10.8. The number of aryl methyl sites for hydroxylation is 1. The van der Waals surface area contributed by atoms with Crippen LogP contribution in [-0.2, 0) is 6.54 Å². The number of hydrogen-bond acceptors (Lipinski definition) is 6. The Morgan fingerprint density at radius 2 is 1.83 bits per heavy atom. The minimum Gasteiger partial charge on any atom is -0.497 e. The van der Waals surface area contributed by atoms with Crippen molar-refractivity contribution < 1.29 is 9.47 Å². The van der Waals surface area contributed by atoms with Gasteiger partial charge in [-0.3, -0.25) is 9.88 Å². The highest BCUT2D eigenvalue weighted by Crippen LogP contribution is 2.26. The minimum atomic E-state index is 0.855. The first kappa shape index (κ1) is 16.5. The number of nitrogens with zero attached hydrogens (tertiary/aromatic N) is 4. The summed E-state index contributed by atoms with van der Waals surface area (Å²) in [5, 5.41) is 0. The topological polar surface area (TPSA) is 50.7 Å². The maximum atomic E-state index is 5.48. The summed E-state index contributed by atoms with van der Waals surface area (Å²) in [6, 6.07) is 5.95. The van der Waals surface area contributed by atoms with E-state index in [1.54, 1.807) is 20.4 Å². The summed E-state index contributed by atoms with van der Waals surface area (Å²) in [4.78, 5) is 13.5. The van der Waals surface area contributed by atoms with Crippen LogP contribution in [0, 0.1) is 6.92 Å². The largest absolute Gasteiger partial charge is 0.497 e. The second-order valence-electron chi connectivity index (χ2n) is 5.96. The van der Waals surface area contributed by atoms with Gasteiger partial charge in [0, 0.05) is 44.5 Å². The van der Waals surface area contributed by atoms with Crippen LogP contribution < -0.4 is 14.4 Å². The number of rotatable bonds is 5. The molecule has 24 heavy (non-hydrogen) atoms. The van der Waals surface area contributed by atoms with Gasteiger partial charge >= 0.3 is 0 Å². The third-order valence-electron chi connectivity index (χ3n) is 4.32. The first-order valence-electron chi connectivity index (χ1n) is 8.16. The molecule has 3 rings (SSSR count). The summed E-state index contributed by atoms with van der Waals surface area (Å²) in [5.74, 6) is 2.73. The number of aromatic nitrogens is 2. The zero-order chi connectivity index (χ0) is 16.9. The van der Waals surface area contributed by atoms with Crippen LogP contribution >= 0.6 is 0 Å². The van der Waals surface area contributed by atoms with Crippen LogP contribution in [0.2, 0.25) is 0 Å². The van der Waals surface area contributed by atoms with Crippen LogP contribution in [0.4, 0.5) is 5.82 Å². The zero-order valence-electron chi connectivity index (χ0n) is 14.5. The lowest BCUT2D eigenvalue weighted by Gasteiger charge is -2.35. The summed E-state index contributed by atoms with van der Waals surface area (Å²) in [5.41, 5.74) is 2.11. The van der Waals surface area contributed by atoms with Crippen LogP contribution in [0.5, 0.6) is 11.5 Å². The molecular formula is C18H24N4O2. The molecule has 0 atom stereocenters. The molecule has 1 aromatic heterocycles. The lowest BCUT2D eigenvalue weighted by Crippen LogP contribution is -2.46. The van der Waals surface area contributed by atoms with Gasteiger partial charge in [0.05, 0.1) is 26.1 Å². The number of anilines is 1. The average Bonchev–Trinajstić information content (AvgIpc) is 2.62. The highest BCUT2D eigenvalue weighted by Gasteiger charge is 2.19. The van der Waals surface area contributed by atoms with E-state index in [4.69, 9.17) is 9.47 Å². The van der Waals surface area contributed by atoms with E-state index in [0.717, 1.165) is 61.3 Å². The van der Waals surface area contributed by atoms with Gasteiger partial charge in [0.2, 0.25) is 0 Å². The Hall–Kier alpha value is -2.34. The SMILES string of the molecule is COc1ccc(OC)c(CN2CCN(c3cncc(C)n3)CC2)c1. The lowest BCUT2D eigenvalue weighted by molar-refractivity contribution is 0.245. The number of ether oxygens (including phenoxy) is 2. The zero-order valence-corrected chi connectivity index (χ0v) is 14.5. The first-order chi connectivity index (χ1) is 11.7. The van der Waals surface area contributed by atoms with Crippen molar-refractivity contribution in [1.29, 1.82) is 0 Å². The summed E-state index contributed by atoms with van der Waals surface area (Å²) >= 11 is 0. The van der Waals surface area contributed by atoms with Crippen molar-refractivity contribution >= 4 is 5.82 Å². The Labute approximate surface area is 143 Å². The van der Waals surface area contributed by atoms with Crippen LogP contribution in [0.1, 0.15) is 11.3 Å². The van der Waals surface area contributed by atoms with Crippen molar-refractivity contribution in [2.75, 3.05) is 45.3 Å². The standard InChI is InChI=1S/C18H24N4O2/c1-14-11-19-12-18(20-14)22-8-6-21(7-9-22)13-15-10-16(23-2)4-5-17(15)24-3/h4-5,10-12H,6-9,13H2,1-3H3. The highest BCUT2D eigenvalue weighted by atomic mass is 16.5. The molecule has 0 spiro atoms. The van der Waals surface area contributed by atoms with Gasteiger partial charge in [0.1, 0.15) is 17.3 Å². The van der Waals surface area contributed by atoms with Gasteiger partial charge in [-0.15, -0.1) is 0 Å². The fraction of sp³-hybridized carbons (Fsp3) is 0.444. The molecule has 0 aliphatic carbocycles. The average molecular weight is 328 g/mol. The number of hydrogen-bond donors (Lipinski definition) is 0. The monoisotopic (exact) mass is 328 g/mol. The van der Waals surface area contributed by atoms with E-state index in [1.807, 2.05) is 25.3 Å². The van der Waals surface area contributed by atoms with E-state index >= 15 is 0 Å². The molecule has 2 heterocycles. The van der Waals surface area contributed by atoms with Crippen molar-refractivity contribution in [3.05, 3.63) is 41.9 Å². The van der Waals surface area contributed by atoms with Crippen molar-refractivity contribution in [3.8, 4) is 11.5 Å². The molecule has 1 aliphatic heterocycles. The molecule has 0 bridgehead atoms. The van der Waals surface area contributed by atoms with Crippen molar-refractivity contribution in [3.63, 3.8) is 0 Å². The maximum Gasteiger partial charge on any atom is 0.147 e. The molecular weight excluding hydrogens is 304 g/mol. The Morgan fingerprint density at radius 3 is 2.50 bits per heavy atom. The second-order valence-corrected chi connectivity index (χ2v) is 5.96. The molecule has 6 heteroatoms. The van der Waals surface area contributed by atoms with Crippen LogP contribution in [0.3, 0.4) is 0 Å². The van der Waals surface area contributed by atoms with Gasteiger partial charge in [-0.2, -0.15) is 0 Å². The summed E-state index contributed by atoms with van der Waals surface area (Å²) in [7, 11) is 3.40. The van der Waals surface area contributed by atoms with Gasteiger partial charge in [0.25, 0.3) is 0 Å². The van der Waals surface area contributed by atoms with Crippen LogP contribution in [0.25, 0.3) is 0 Å². The Morgan fingerprint density at radius 1 is 1.04 bits per heavy atom. The summed E-state index contributed by atoms with van der Waals surface area (Å²) in [6.45, 7) is 6.69. The fourth-order valence-electron chi connectivity index (χ4n) is 2.98. The van der Waals surface area contributed by atoms with Gasteiger partial charge < -0.3 is 14.4 Å². The van der Waals surface area contributed by atoms with E-state index in [9.17, 15) is 0 Å². The Kier molecular flexibility index (Phi) is 5.15. The smallest absolute Gasteiger partial charge is 0.147 e. The molecule has 0 amide bonds. The van der Waals surface area contributed by atoms with Gasteiger partial charge in [0.15, 0.2) is 0 Å². The second kappa shape index (κ2) is 7.49. The number of piperazine rings is 1. The molecule has 1 fully saturated rings. The molecule has 1 aromatic carbocycles. The molecule has 1 saturated heterocycles. The highest BCUT2D eigenvalue weighted by molar-refractivity contribution is 5.41. The predicted molar refractivity (Wildman–Crippen MR) is 93.8 cm³/mol. The molecule has 0 N–H and O–H groups in total. The molecule has 0 saturated carbocycles. The van der Waals surface area contributed by atoms with E-state index in [-0.39, 0.29) is 0 Å². The van der Waals surface area contributed by atoms with Crippen molar-refractivity contribution in [2.45, 2.75) is 13.5 Å². The quantitative estimate of drug-likeness (QED) is 0.838. The number of benzene rings is 1. The Bertz CT molecular complexity index is 684. The first-order valence-corrected chi connectivity index (χ1v) is 8.16. The maximum absolute atomic E-state index is 5.48. The van der Waals surface area contributed by atoms with Crippen molar-refractivity contribution in [2.24, 2.45) is 0 Å². The predicted octanol–water partition coefficient (Wildman–Crippen LogP) is 2.12. The molecule has 1 aliphatic rings. The molecule has 0 unspecified atom stereocenters. The third kappa shape index (κ3) is 3.76. The van der Waals surface area contributed by atoms with Gasteiger partial charge in [-0.1, -0.05) is 0 Å². The molecule has 0 radical (unpaired) electrons. The van der Waals surface area contributed by atoms with E-state index in [1.165, 1.54) is 0 Å². The lowest BCUT2D eigenvalue weighted by atomic mass is 10.1.